The highest BCUT2D eigenvalue weighted by atomic mass is 35.5. The maximum atomic E-state index is 12.8. The van der Waals surface area contributed by atoms with Gasteiger partial charge in [0.25, 0.3) is 0 Å². The highest BCUT2D eigenvalue weighted by molar-refractivity contribution is 7.98. The molecule has 1 unspecified atom stereocenters. The molecule has 2 aliphatic rings. The Labute approximate surface area is 181 Å². The van der Waals surface area contributed by atoms with Gasteiger partial charge in [0.1, 0.15) is 0 Å². The van der Waals surface area contributed by atoms with E-state index in [1.165, 1.54) is 18.7 Å². The van der Waals surface area contributed by atoms with E-state index in [4.69, 9.17) is 25.8 Å². The van der Waals surface area contributed by atoms with Gasteiger partial charge < -0.3 is 14.2 Å². The maximum Gasteiger partial charge on any atom is 0.247 e. The summed E-state index contributed by atoms with van der Waals surface area (Å²) in [4.78, 5) is 18.8. The van der Waals surface area contributed by atoms with Crippen LogP contribution in [0.1, 0.15) is 18.7 Å². The molecule has 8 nitrogen and oxygen atoms in total. The Morgan fingerprint density at radius 1 is 1.17 bits per heavy atom. The van der Waals surface area contributed by atoms with Crippen LogP contribution in [0, 0.1) is 0 Å². The Bertz CT molecular complexity index is 1180. The van der Waals surface area contributed by atoms with E-state index in [0.717, 1.165) is 0 Å². The predicted molar refractivity (Wildman–Crippen MR) is 111 cm³/mol. The molecule has 10 heteroatoms. The van der Waals surface area contributed by atoms with Crippen molar-refractivity contribution in [1.29, 1.82) is 0 Å². The van der Waals surface area contributed by atoms with Gasteiger partial charge in [0.05, 0.1) is 5.69 Å². The van der Waals surface area contributed by atoms with Crippen LogP contribution in [-0.2, 0) is 4.79 Å². The average Bonchev–Trinajstić information content (AvgIpc) is 3.16. The number of carbonyl (C=O) groups excluding carboxylic acids is 1. The lowest BCUT2D eigenvalue weighted by Gasteiger charge is -2.30. The van der Waals surface area contributed by atoms with Crippen molar-refractivity contribution in [3.05, 3.63) is 47.0 Å². The number of halogens is 1. The summed E-state index contributed by atoms with van der Waals surface area (Å²) >= 11 is 7.60. The molecule has 0 saturated carbocycles. The SMILES string of the molecule is CSc1nnc2c(n1)OC(c1ccc3c(c1)OCO3)N(C(C)=O)c1ccc(Cl)cc1-2. The molecule has 1 amide bonds. The summed E-state index contributed by atoms with van der Waals surface area (Å²) in [6.07, 6.45) is 1.05. The minimum atomic E-state index is -0.801. The minimum Gasteiger partial charge on any atom is -0.454 e. The first-order valence-corrected chi connectivity index (χ1v) is 10.6. The monoisotopic (exact) mass is 442 g/mol. The number of amides is 1. The number of carbonyl (C=O) groups is 1. The molecule has 0 N–H and O–H groups in total. The third-order valence-corrected chi connectivity index (χ3v) is 5.54. The molecule has 1 atom stereocenters. The van der Waals surface area contributed by atoms with Crippen LogP contribution in [0.15, 0.2) is 41.6 Å². The van der Waals surface area contributed by atoms with E-state index in [0.29, 0.717) is 44.2 Å². The molecule has 0 saturated heterocycles. The lowest BCUT2D eigenvalue weighted by atomic mass is 10.1. The largest absolute Gasteiger partial charge is 0.454 e. The van der Waals surface area contributed by atoms with Crippen LogP contribution in [0.4, 0.5) is 5.69 Å². The Kier molecular flexibility index (Phi) is 4.63. The van der Waals surface area contributed by atoms with E-state index < -0.39 is 6.23 Å². The lowest BCUT2D eigenvalue weighted by Crippen LogP contribution is -2.36. The standard InChI is InChI=1S/C20H15ClN4O4S/c1-10(26)25-14-5-4-12(21)8-13(14)17-18(22-20(30-2)24-23-17)29-19(25)11-3-6-15-16(7-11)28-9-27-15/h3-8,19H,9H2,1-2H3. The quantitative estimate of drug-likeness (QED) is 0.548. The Balaban J connectivity index is 1.74. The third kappa shape index (κ3) is 3.10. The summed E-state index contributed by atoms with van der Waals surface area (Å²) in [7, 11) is 0. The van der Waals surface area contributed by atoms with Crippen LogP contribution in [0.2, 0.25) is 5.02 Å². The van der Waals surface area contributed by atoms with Crippen LogP contribution in [0.5, 0.6) is 17.4 Å². The zero-order valence-corrected chi connectivity index (χ0v) is 17.5. The molecule has 30 heavy (non-hydrogen) atoms. The molecule has 0 aliphatic carbocycles. The Morgan fingerprint density at radius 2 is 2.00 bits per heavy atom. The van der Waals surface area contributed by atoms with Crippen molar-refractivity contribution in [2.45, 2.75) is 18.3 Å². The molecule has 0 fully saturated rings. The van der Waals surface area contributed by atoms with E-state index in [1.807, 2.05) is 12.3 Å². The van der Waals surface area contributed by atoms with Crippen molar-refractivity contribution in [2.75, 3.05) is 17.9 Å². The van der Waals surface area contributed by atoms with Crippen LogP contribution in [-0.4, -0.2) is 34.1 Å². The van der Waals surface area contributed by atoms with E-state index in [-0.39, 0.29) is 18.6 Å². The average molecular weight is 443 g/mol. The van der Waals surface area contributed by atoms with Crippen molar-refractivity contribution in [3.63, 3.8) is 0 Å². The van der Waals surface area contributed by atoms with Gasteiger partial charge in [-0.15, -0.1) is 10.2 Å². The molecule has 1 aromatic heterocycles. The molecule has 0 radical (unpaired) electrons. The molecule has 2 aliphatic heterocycles. The Hall–Kier alpha value is -3.04. The molecule has 5 rings (SSSR count). The summed E-state index contributed by atoms with van der Waals surface area (Å²) in [5, 5.41) is 9.40. The minimum absolute atomic E-state index is 0.152. The topological polar surface area (TPSA) is 86.7 Å². The first-order valence-electron chi connectivity index (χ1n) is 9.00. The first kappa shape index (κ1) is 19.0. The molecular weight excluding hydrogens is 428 g/mol. The fourth-order valence-electron chi connectivity index (χ4n) is 3.45. The van der Waals surface area contributed by atoms with Gasteiger partial charge in [-0.3, -0.25) is 9.69 Å². The molecule has 3 heterocycles. The number of hydrogen-bond acceptors (Lipinski definition) is 8. The fourth-order valence-corrected chi connectivity index (χ4v) is 3.92. The second-order valence-electron chi connectivity index (χ2n) is 6.59. The normalized spacial score (nSPS) is 16.4. The van der Waals surface area contributed by atoms with Crippen LogP contribution >= 0.6 is 23.4 Å². The number of anilines is 1. The molecule has 0 bridgehead atoms. The predicted octanol–water partition coefficient (Wildman–Crippen LogP) is 4.09. The number of aromatic nitrogens is 3. The van der Waals surface area contributed by atoms with Crippen molar-refractivity contribution in [2.24, 2.45) is 0 Å². The molecule has 152 valence electrons. The number of hydrogen-bond donors (Lipinski definition) is 0. The van der Waals surface area contributed by atoms with Gasteiger partial charge in [-0.1, -0.05) is 23.4 Å². The Morgan fingerprint density at radius 3 is 2.80 bits per heavy atom. The second kappa shape index (κ2) is 7.33. The summed E-state index contributed by atoms with van der Waals surface area (Å²) in [5.74, 6) is 1.28. The number of benzene rings is 2. The van der Waals surface area contributed by atoms with E-state index in [2.05, 4.69) is 15.2 Å². The molecular formula is C20H15ClN4O4S. The van der Waals surface area contributed by atoms with Crippen LogP contribution in [0.25, 0.3) is 11.3 Å². The van der Waals surface area contributed by atoms with Gasteiger partial charge in [0.2, 0.25) is 30.0 Å². The van der Waals surface area contributed by atoms with Gasteiger partial charge in [-0.05, 0) is 42.7 Å². The lowest BCUT2D eigenvalue weighted by molar-refractivity contribution is -0.118. The molecule has 3 aromatic rings. The maximum absolute atomic E-state index is 12.8. The van der Waals surface area contributed by atoms with Crippen molar-refractivity contribution >= 4 is 35.0 Å². The smallest absolute Gasteiger partial charge is 0.247 e. The number of fused-ring (bicyclic) bond motifs is 4. The first-order chi connectivity index (χ1) is 14.5. The van der Waals surface area contributed by atoms with Gasteiger partial charge in [-0.2, -0.15) is 4.98 Å². The summed E-state index contributed by atoms with van der Waals surface area (Å²) in [5.41, 5.74) is 2.33. The van der Waals surface area contributed by atoms with Gasteiger partial charge in [-0.25, -0.2) is 0 Å². The number of ether oxygens (including phenoxy) is 3. The third-order valence-electron chi connectivity index (χ3n) is 4.77. The van der Waals surface area contributed by atoms with Gasteiger partial charge >= 0.3 is 0 Å². The van der Waals surface area contributed by atoms with Gasteiger partial charge in [0.15, 0.2) is 17.2 Å². The molecule has 2 aromatic carbocycles. The molecule has 0 spiro atoms. The van der Waals surface area contributed by atoms with Crippen LogP contribution in [0.3, 0.4) is 0 Å². The summed E-state index contributed by atoms with van der Waals surface area (Å²) in [6, 6.07) is 10.6. The van der Waals surface area contributed by atoms with Crippen molar-refractivity contribution in [1.82, 2.24) is 15.2 Å². The highest BCUT2D eigenvalue weighted by Crippen LogP contribution is 2.45. The van der Waals surface area contributed by atoms with E-state index >= 15 is 0 Å². The zero-order chi connectivity index (χ0) is 20.8. The van der Waals surface area contributed by atoms with E-state index in [1.54, 1.807) is 35.2 Å². The van der Waals surface area contributed by atoms with Gasteiger partial charge in [0, 0.05) is 23.1 Å². The highest BCUT2D eigenvalue weighted by Gasteiger charge is 2.35. The number of rotatable bonds is 2. The van der Waals surface area contributed by atoms with Crippen molar-refractivity contribution in [3.8, 4) is 28.6 Å². The zero-order valence-electron chi connectivity index (χ0n) is 16.0. The van der Waals surface area contributed by atoms with E-state index in [9.17, 15) is 4.79 Å². The summed E-state index contributed by atoms with van der Waals surface area (Å²) in [6.45, 7) is 1.63. The second-order valence-corrected chi connectivity index (χ2v) is 7.80. The number of thioether (sulfide) groups is 1. The van der Waals surface area contributed by atoms with Crippen molar-refractivity contribution < 1.29 is 19.0 Å². The summed E-state index contributed by atoms with van der Waals surface area (Å²) < 4.78 is 17.2. The fraction of sp³-hybridized carbons (Fsp3) is 0.200. The van der Waals surface area contributed by atoms with Crippen LogP contribution < -0.4 is 19.1 Å². The number of nitrogens with zero attached hydrogens (tertiary/aromatic N) is 4.